The monoisotopic (exact) mass is 286 g/mol. The van der Waals surface area contributed by atoms with E-state index in [0.29, 0.717) is 11.4 Å². The van der Waals surface area contributed by atoms with Gasteiger partial charge in [-0.15, -0.1) is 0 Å². The van der Waals surface area contributed by atoms with E-state index in [0.717, 1.165) is 5.56 Å². The first kappa shape index (κ1) is 15.0. The number of aromatic nitrogens is 2. The van der Waals surface area contributed by atoms with Gasteiger partial charge in [0.2, 0.25) is 0 Å². The smallest absolute Gasteiger partial charge is 0.314 e. The fourth-order valence-electron chi connectivity index (χ4n) is 1.87. The van der Waals surface area contributed by atoms with Crippen LogP contribution >= 0.6 is 0 Å². The number of imidazole rings is 1. The molecule has 1 aromatic heterocycles. The minimum absolute atomic E-state index is 0.265. The number of benzene rings is 1. The van der Waals surface area contributed by atoms with E-state index in [4.69, 9.17) is 4.74 Å². The Morgan fingerprint density at radius 2 is 2.05 bits per heavy atom. The largest absolute Gasteiger partial charge is 0.460 e. The van der Waals surface area contributed by atoms with Crippen LogP contribution in [0, 0.1) is 0 Å². The third-order valence-electron chi connectivity index (χ3n) is 2.68. The number of nitrogens with zero attached hydrogens (tertiary/aromatic N) is 1. The molecule has 1 heterocycles. The summed E-state index contributed by atoms with van der Waals surface area (Å²) in [4.78, 5) is 30.9. The van der Waals surface area contributed by atoms with Crippen molar-refractivity contribution >= 4 is 11.8 Å². The molecule has 0 saturated heterocycles. The van der Waals surface area contributed by atoms with Gasteiger partial charge in [-0.2, -0.15) is 0 Å². The Morgan fingerprint density at radius 3 is 2.67 bits per heavy atom. The lowest BCUT2D eigenvalue weighted by atomic mass is 10.0. The number of carbonyl (C=O) groups excluding carboxylic acids is 2. The molecule has 0 amide bonds. The predicted octanol–water partition coefficient (Wildman–Crippen LogP) is 2.99. The van der Waals surface area contributed by atoms with Crippen LogP contribution < -0.4 is 0 Å². The van der Waals surface area contributed by atoms with Gasteiger partial charge in [0, 0.05) is 23.5 Å². The van der Waals surface area contributed by atoms with E-state index in [1.165, 1.54) is 0 Å². The second-order valence-corrected chi connectivity index (χ2v) is 5.70. The van der Waals surface area contributed by atoms with Crippen LogP contribution in [0.1, 0.15) is 37.6 Å². The van der Waals surface area contributed by atoms with Crippen LogP contribution in [-0.2, 0) is 9.53 Å². The molecule has 0 aliphatic heterocycles. The van der Waals surface area contributed by atoms with Gasteiger partial charge in [-0.25, -0.2) is 4.98 Å². The number of H-pyrrole nitrogens is 1. The van der Waals surface area contributed by atoms with E-state index >= 15 is 0 Å². The van der Waals surface area contributed by atoms with Crippen molar-refractivity contribution in [2.75, 3.05) is 0 Å². The first-order valence-electron chi connectivity index (χ1n) is 6.70. The highest BCUT2D eigenvalue weighted by molar-refractivity contribution is 6.06. The summed E-state index contributed by atoms with van der Waals surface area (Å²) in [6.07, 6.45) is 3.09. The summed E-state index contributed by atoms with van der Waals surface area (Å²) in [6.45, 7) is 5.31. The maximum atomic E-state index is 12.1. The molecule has 0 unspecified atom stereocenters. The number of hydrogen-bond acceptors (Lipinski definition) is 4. The molecule has 21 heavy (non-hydrogen) atoms. The fourth-order valence-corrected chi connectivity index (χ4v) is 1.87. The molecule has 0 fully saturated rings. The number of hydrogen-bond donors (Lipinski definition) is 1. The van der Waals surface area contributed by atoms with Gasteiger partial charge in [0.1, 0.15) is 17.8 Å². The van der Waals surface area contributed by atoms with Crippen LogP contribution in [0.4, 0.5) is 0 Å². The summed E-state index contributed by atoms with van der Waals surface area (Å²) >= 11 is 0. The van der Waals surface area contributed by atoms with Crippen molar-refractivity contribution in [1.82, 2.24) is 9.97 Å². The zero-order valence-corrected chi connectivity index (χ0v) is 12.3. The van der Waals surface area contributed by atoms with Gasteiger partial charge in [-0.3, -0.25) is 9.59 Å². The molecule has 0 spiro atoms. The van der Waals surface area contributed by atoms with Crippen molar-refractivity contribution in [3.05, 3.63) is 42.2 Å². The summed E-state index contributed by atoms with van der Waals surface area (Å²) in [6, 6.07) is 7.01. The minimum atomic E-state index is -0.590. The van der Waals surface area contributed by atoms with Gasteiger partial charge in [0.05, 0.1) is 0 Å². The molecule has 1 N–H and O–H groups in total. The van der Waals surface area contributed by atoms with E-state index in [-0.39, 0.29) is 12.2 Å². The molecule has 0 radical (unpaired) electrons. The molecule has 0 aliphatic rings. The third-order valence-corrected chi connectivity index (χ3v) is 2.68. The number of nitrogens with one attached hydrogen (secondary N) is 1. The zero-order valence-electron chi connectivity index (χ0n) is 12.3. The summed E-state index contributed by atoms with van der Waals surface area (Å²) in [5.41, 5.74) is 0.678. The van der Waals surface area contributed by atoms with E-state index in [1.54, 1.807) is 51.4 Å². The van der Waals surface area contributed by atoms with Crippen LogP contribution in [0.2, 0.25) is 0 Å². The van der Waals surface area contributed by atoms with Crippen molar-refractivity contribution in [2.45, 2.75) is 32.8 Å². The number of ketones is 1. The number of Topliss-reactive ketones (excluding diaryl/α,β-unsaturated/α-hetero) is 1. The van der Waals surface area contributed by atoms with Gasteiger partial charge in [0.25, 0.3) is 0 Å². The van der Waals surface area contributed by atoms with Crippen molar-refractivity contribution in [2.24, 2.45) is 0 Å². The highest BCUT2D eigenvalue weighted by Gasteiger charge is 2.20. The Labute approximate surface area is 123 Å². The van der Waals surface area contributed by atoms with Crippen molar-refractivity contribution in [3.63, 3.8) is 0 Å². The van der Waals surface area contributed by atoms with Crippen LogP contribution in [0.15, 0.2) is 36.7 Å². The van der Waals surface area contributed by atoms with Crippen molar-refractivity contribution in [3.8, 4) is 11.4 Å². The molecular formula is C16H18N2O3. The highest BCUT2D eigenvalue weighted by atomic mass is 16.6. The molecule has 0 saturated carbocycles. The maximum Gasteiger partial charge on any atom is 0.314 e. The first-order chi connectivity index (χ1) is 9.85. The average molecular weight is 286 g/mol. The minimum Gasteiger partial charge on any atom is -0.460 e. The number of aromatic amines is 1. The first-order valence-corrected chi connectivity index (χ1v) is 6.70. The normalized spacial score (nSPS) is 11.2. The lowest BCUT2D eigenvalue weighted by Crippen LogP contribution is -2.25. The second-order valence-electron chi connectivity index (χ2n) is 5.70. The van der Waals surface area contributed by atoms with Gasteiger partial charge in [0.15, 0.2) is 5.78 Å². The summed E-state index contributed by atoms with van der Waals surface area (Å²) in [7, 11) is 0. The summed E-state index contributed by atoms with van der Waals surface area (Å²) < 4.78 is 5.15. The lowest BCUT2D eigenvalue weighted by Gasteiger charge is -2.19. The summed E-state index contributed by atoms with van der Waals surface area (Å²) in [5, 5.41) is 0. The maximum absolute atomic E-state index is 12.1. The van der Waals surface area contributed by atoms with E-state index in [1.807, 2.05) is 6.07 Å². The van der Waals surface area contributed by atoms with E-state index < -0.39 is 11.6 Å². The van der Waals surface area contributed by atoms with Gasteiger partial charge < -0.3 is 9.72 Å². The lowest BCUT2D eigenvalue weighted by molar-refractivity contribution is -0.153. The molecule has 2 rings (SSSR count). The molecule has 110 valence electrons. The second kappa shape index (κ2) is 5.91. The Hall–Kier alpha value is -2.43. The van der Waals surface area contributed by atoms with Crippen LogP contribution in [0.5, 0.6) is 0 Å². The third kappa shape index (κ3) is 4.27. The van der Waals surface area contributed by atoms with Crippen molar-refractivity contribution < 1.29 is 14.3 Å². The quantitative estimate of drug-likeness (QED) is 0.533. The molecule has 0 aliphatic carbocycles. The predicted molar refractivity (Wildman–Crippen MR) is 78.8 cm³/mol. The SMILES string of the molecule is CC(C)(C)OC(=O)CC(=O)c1cccc(-c2ncc[nH]2)c1. The Kier molecular flexibility index (Phi) is 4.21. The number of ether oxygens (including phenoxy) is 1. The van der Waals surface area contributed by atoms with Crippen LogP contribution in [0.25, 0.3) is 11.4 Å². The van der Waals surface area contributed by atoms with Gasteiger partial charge in [-0.05, 0) is 26.8 Å². The molecule has 1 aromatic carbocycles. The number of rotatable bonds is 4. The average Bonchev–Trinajstić information content (AvgIpc) is 2.90. The zero-order chi connectivity index (χ0) is 15.5. The Morgan fingerprint density at radius 1 is 1.29 bits per heavy atom. The number of carbonyl (C=O) groups is 2. The van der Waals surface area contributed by atoms with Crippen LogP contribution in [-0.4, -0.2) is 27.3 Å². The van der Waals surface area contributed by atoms with Crippen molar-refractivity contribution in [1.29, 1.82) is 0 Å². The van der Waals surface area contributed by atoms with Crippen LogP contribution in [0.3, 0.4) is 0 Å². The molecule has 5 heteroatoms. The Balaban J connectivity index is 2.10. The van der Waals surface area contributed by atoms with Gasteiger partial charge in [-0.1, -0.05) is 18.2 Å². The fraction of sp³-hybridized carbons (Fsp3) is 0.312. The van der Waals surface area contributed by atoms with Gasteiger partial charge >= 0.3 is 5.97 Å². The van der Waals surface area contributed by atoms with E-state index in [9.17, 15) is 9.59 Å². The van der Waals surface area contributed by atoms with E-state index in [2.05, 4.69) is 9.97 Å². The molecule has 0 atom stereocenters. The molecule has 2 aromatic rings. The topological polar surface area (TPSA) is 72.1 Å². The highest BCUT2D eigenvalue weighted by Crippen LogP contribution is 2.17. The molecular weight excluding hydrogens is 268 g/mol. The molecule has 0 bridgehead atoms. The molecule has 5 nitrogen and oxygen atoms in total. The standard InChI is InChI=1S/C16H18N2O3/c1-16(2,3)21-14(20)10-13(19)11-5-4-6-12(9-11)15-17-7-8-18-15/h4-9H,10H2,1-3H3,(H,17,18). The summed E-state index contributed by atoms with van der Waals surface area (Å²) in [5.74, 6) is -0.101. The number of esters is 1. The Bertz CT molecular complexity index is 640.